The summed E-state index contributed by atoms with van der Waals surface area (Å²) in [6.45, 7) is 6.45. The summed E-state index contributed by atoms with van der Waals surface area (Å²) in [7, 11) is 0. The van der Waals surface area contributed by atoms with Crippen LogP contribution in [-0.4, -0.2) is 25.1 Å². The van der Waals surface area contributed by atoms with Crippen molar-refractivity contribution in [3.63, 3.8) is 0 Å². The van der Waals surface area contributed by atoms with Crippen molar-refractivity contribution in [3.8, 4) is 22.9 Å². The first-order valence-electron chi connectivity index (χ1n) is 11.0. The molecule has 0 saturated heterocycles. The Bertz CT molecular complexity index is 1220. The van der Waals surface area contributed by atoms with Crippen LogP contribution in [0.3, 0.4) is 0 Å². The van der Waals surface area contributed by atoms with Gasteiger partial charge in [-0.05, 0) is 55.2 Å². The van der Waals surface area contributed by atoms with Gasteiger partial charge in [-0.1, -0.05) is 43.3 Å². The highest BCUT2D eigenvalue weighted by molar-refractivity contribution is 7.15. The zero-order valence-corrected chi connectivity index (χ0v) is 20.2. The Morgan fingerprint density at radius 1 is 1.03 bits per heavy atom. The SMILES string of the molecule is CCOC(=O)c1c(-c2ccc(CC)cc2)csc1NC(=O)/C(C#N)=C/c1ccc(OCC)cc1. The van der Waals surface area contributed by atoms with Crippen LogP contribution in [0, 0.1) is 11.3 Å². The Morgan fingerprint density at radius 3 is 2.32 bits per heavy atom. The summed E-state index contributed by atoms with van der Waals surface area (Å²) < 4.78 is 10.7. The number of thiophene rings is 1. The van der Waals surface area contributed by atoms with Gasteiger partial charge >= 0.3 is 5.97 Å². The first-order chi connectivity index (χ1) is 16.5. The molecule has 0 aliphatic carbocycles. The fourth-order valence-corrected chi connectivity index (χ4v) is 4.25. The monoisotopic (exact) mass is 474 g/mol. The lowest BCUT2D eigenvalue weighted by Crippen LogP contribution is -2.16. The van der Waals surface area contributed by atoms with E-state index < -0.39 is 11.9 Å². The van der Waals surface area contributed by atoms with Crippen LogP contribution >= 0.6 is 11.3 Å². The molecule has 0 spiro atoms. The summed E-state index contributed by atoms with van der Waals surface area (Å²) in [6.07, 6.45) is 2.40. The number of benzene rings is 2. The minimum Gasteiger partial charge on any atom is -0.494 e. The molecular formula is C27H26N2O4S. The molecule has 174 valence electrons. The molecule has 3 rings (SSSR count). The quantitative estimate of drug-likeness (QED) is 0.230. The minimum absolute atomic E-state index is 0.0822. The Hall–Kier alpha value is -3.89. The number of nitrogens with zero attached hydrogens (tertiary/aromatic N) is 1. The topological polar surface area (TPSA) is 88.4 Å². The Balaban J connectivity index is 1.90. The molecule has 0 fully saturated rings. The average molecular weight is 475 g/mol. The number of ether oxygens (including phenoxy) is 2. The molecule has 0 aliphatic heterocycles. The fraction of sp³-hybridized carbons (Fsp3) is 0.222. The highest BCUT2D eigenvalue weighted by atomic mass is 32.1. The first kappa shape index (κ1) is 24.7. The number of esters is 1. The normalized spacial score (nSPS) is 10.9. The second kappa shape index (κ2) is 11.8. The van der Waals surface area contributed by atoms with E-state index in [1.54, 1.807) is 31.2 Å². The van der Waals surface area contributed by atoms with Crippen molar-refractivity contribution >= 4 is 34.3 Å². The van der Waals surface area contributed by atoms with E-state index in [0.29, 0.717) is 28.5 Å². The van der Waals surface area contributed by atoms with Gasteiger partial charge in [0.25, 0.3) is 5.91 Å². The van der Waals surface area contributed by atoms with Crippen molar-refractivity contribution in [2.75, 3.05) is 18.5 Å². The molecule has 0 aliphatic rings. The van der Waals surface area contributed by atoms with Crippen LogP contribution in [0.15, 0.2) is 59.5 Å². The zero-order valence-electron chi connectivity index (χ0n) is 19.4. The van der Waals surface area contributed by atoms with E-state index in [1.165, 1.54) is 23.0 Å². The molecule has 2 aromatic carbocycles. The zero-order chi connectivity index (χ0) is 24.5. The van der Waals surface area contributed by atoms with Crippen molar-refractivity contribution < 1.29 is 19.1 Å². The van der Waals surface area contributed by atoms with Crippen molar-refractivity contribution in [1.82, 2.24) is 0 Å². The number of nitriles is 1. The molecule has 1 heterocycles. The summed E-state index contributed by atoms with van der Waals surface area (Å²) >= 11 is 1.22. The second-order valence-corrected chi connectivity index (χ2v) is 8.13. The molecule has 1 aromatic heterocycles. The summed E-state index contributed by atoms with van der Waals surface area (Å²) in [5.74, 6) is -0.418. The van der Waals surface area contributed by atoms with E-state index in [1.807, 2.05) is 42.6 Å². The van der Waals surface area contributed by atoms with Gasteiger partial charge in [0.1, 0.15) is 28.0 Å². The molecule has 3 aromatic rings. The van der Waals surface area contributed by atoms with Crippen LogP contribution in [0.4, 0.5) is 5.00 Å². The number of amides is 1. The third-order valence-electron chi connectivity index (χ3n) is 5.04. The van der Waals surface area contributed by atoms with Crippen molar-refractivity contribution in [2.45, 2.75) is 27.2 Å². The van der Waals surface area contributed by atoms with Crippen molar-refractivity contribution in [2.24, 2.45) is 0 Å². The average Bonchev–Trinajstić information content (AvgIpc) is 3.27. The van der Waals surface area contributed by atoms with Gasteiger partial charge in [0.05, 0.1) is 13.2 Å². The van der Waals surface area contributed by atoms with E-state index in [-0.39, 0.29) is 17.7 Å². The molecule has 7 heteroatoms. The van der Waals surface area contributed by atoms with Crippen LogP contribution in [-0.2, 0) is 16.0 Å². The number of anilines is 1. The molecule has 6 nitrogen and oxygen atoms in total. The summed E-state index contributed by atoms with van der Waals surface area (Å²) in [4.78, 5) is 25.7. The van der Waals surface area contributed by atoms with Crippen molar-refractivity contribution in [3.05, 3.63) is 76.2 Å². The summed E-state index contributed by atoms with van der Waals surface area (Å²) in [5.41, 5.74) is 3.59. The predicted molar refractivity (Wildman–Crippen MR) is 135 cm³/mol. The Morgan fingerprint density at radius 2 is 1.74 bits per heavy atom. The standard InChI is InChI=1S/C27H26N2O4S/c1-4-18-7-11-20(12-8-18)23-17-34-26(24(23)27(31)33-6-3)29-25(30)21(16-28)15-19-9-13-22(14-10-19)32-5-2/h7-15,17H,4-6H2,1-3H3,(H,29,30)/b21-15+. The number of carbonyl (C=O) groups is 2. The number of hydrogen-bond donors (Lipinski definition) is 1. The molecular weight excluding hydrogens is 448 g/mol. The number of nitrogens with one attached hydrogen (secondary N) is 1. The van der Waals surface area contributed by atoms with Crippen LogP contribution in [0.2, 0.25) is 0 Å². The van der Waals surface area contributed by atoms with Crippen LogP contribution in [0.25, 0.3) is 17.2 Å². The molecule has 0 saturated carbocycles. The van der Waals surface area contributed by atoms with E-state index >= 15 is 0 Å². The fourth-order valence-electron chi connectivity index (χ4n) is 3.30. The molecule has 0 unspecified atom stereocenters. The van der Waals surface area contributed by atoms with Gasteiger partial charge in [0, 0.05) is 10.9 Å². The summed E-state index contributed by atoms with van der Waals surface area (Å²) in [6, 6.07) is 16.9. The minimum atomic E-state index is -0.600. The Kier molecular flexibility index (Phi) is 8.60. The van der Waals surface area contributed by atoms with Gasteiger partial charge in [-0.2, -0.15) is 5.26 Å². The largest absolute Gasteiger partial charge is 0.494 e. The second-order valence-electron chi connectivity index (χ2n) is 7.25. The molecule has 1 amide bonds. The number of aryl methyl sites for hydroxylation is 1. The predicted octanol–water partition coefficient (Wildman–Crippen LogP) is 6.10. The van der Waals surface area contributed by atoms with Crippen LogP contribution in [0.1, 0.15) is 42.3 Å². The maximum atomic E-state index is 12.9. The smallest absolute Gasteiger partial charge is 0.341 e. The van der Waals surface area contributed by atoms with Crippen molar-refractivity contribution in [1.29, 1.82) is 5.26 Å². The van der Waals surface area contributed by atoms with Gasteiger partial charge in [0.15, 0.2) is 0 Å². The number of carbonyl (C=O) groups excluding carboxylic acids is 2. The first-order valence-corrected chi connectivity index (χ1v) is 11.9. The van der Waals surface area contributed by atoms with E-state index in [9.17, 15) is 14.9 Å². The van der Waals surface area contributed by atoms with E-state index in [4.69, 9.17) is 9.47 Å². The van der Waals surface area contributed by atoms with Gasteiger partial charge < -0.3 is 14.8 Å². The van der Waals surface area contributed by atoms with Gasteiger partial charge in [-0.25, -0.2) is 4.79 Å². The van der Waals surface area contributed by atoms with Crippen LogP contribution in [0.5, 0.6) is 5.75 Å². The highest BCUT2D eigenvalue weighted by Gasteiger charge is 2.23. The molecule has 0 bridgehead atoms. The highest BCUT2D eigenvalue weighted by Crippen LogP contribution is 2.36. The lowest BCUT2D eigenvalue weighted by atomic mass is 10.0. The summed E-state index contributed by atoms with van der Waals surface area (Å²) in [5, 5.41) is 14.5. The maximum Gasteiger partial charge on any atom is 0.341 e. The lowest BCUT2D eigenvalue weighted by molar-refractivity contribution is -0.112. The number of rotatable bonds is 9. The van der Waals surface area contributed by atoms with Gasteiger partial charge in [-0.3, -0.25) is 4.79 Å². The molecule has 1 N–H and O–H groups in total. The van der Waals surface area contributed by atoms with E-state index in [2.05, 4.69) is 12.2 Å². The molecule has 0 atom stereocenters. The lowest BCUT2D eigenvalue weighted by Gasteiger charge is -2.09. The number of hydrogen-bond acceptors (Lipinski definition) is 6. The maximum absolute atomic E-state index is 12.9. The van der Waals surface area contributed by atoms with E-state index in [0.717, 1.165) is 12.0 Å². The molecule has 0 radical (unpaired) electrons. The third kappa shape index (κ3) is 5.91. The Labute approximate surface area is 203 Å². The molecule has 34 heavy (non-hydrogen) atoms. The van der Waals surface area contributed by atoms with Gasteiger partial charge in [0.2, 0.25) is 0 Å². The van der Waals surface area contributed by atoms with Gasteiger partial charge in [-0.15, -0.1) is 11.3 Å². The third-order valence-corrected chi connectivity index (χ3v) is 5.93. The van der Waals surface area contributed by atoms with Crippen LogP contribution < -0.4 is 10.1 Å².